The lowest BCUT2D eigenvalue weighted by molar-refractivity contribution is 0.206. The summed E-state index contributed by atoms with van der Waals surface area (Å²) in [6, 6.07) is 2.84. The van der Waals surface area contributed by atoms with Crippen molar-refractivity contribution in [3.63, 3.8) is 0 Å². The Morgan fingerprint density at radius 3 is 3.00 bits per heavy atom. The zero-order valence-corrected chi connectivity index (χ0v) is 12.5. The number of hydrogen-bond acceptors (Lipinski definition) is 5. The van der Waals surface area contributed by atoms with Gasteiger partial charge in [-0.15, -0.1) is 11.3 Å². The van der Waals surface area contributed by atoms with E-state index in [0.29, 0.717) is 12.6 Å². The minimum atomic E-state index is 0.538. The van der Waals surface area contributed by atoms with Crippen molar-refractivity contribution in [2.75, 3.05) is 13.2 Å². The second-order valence-electron chi connectivity index (χ2n) is 4.80. The second kappa shape index (κ2) is 6.18. The predicted octanol–water partition coefficient (Wildman–Crippen LogP) is 3.08. The molecule has 0 saturated heterocycles. The van der Waals surface area contributed by atoms with Gasteiger partial charge in [0, 0.05) is 24.0 Å². The van der Waals surface area contributed by atoms with Gasteiger partial charge in [-0.25, -0.2) is 4.99 Å². The van der Waals surface area contributed by atoms with E-state index >= 15 is 0 Å². The lowest BCUT2D eigenvalue weighted by Crippen LogP contribution is -2.35. The van der Waals surface area contributed by atoms with Crippen molar-refractivity contribution in [3.05, 3.63) is 16.0 Å². The Bertz CT molecular complexity index is 513. The van der Waals surface area contributed by atoms with Crippen LogP contribution >= 0.6 is 11.3 Å². The summed E-state index contributed by atoms with van der Waals surface area (Å²) in [6.07, 6.45) is 2.38. The SMILES string of the molecule is CCO/C=N/c1sc2c(c1C#N)CCN(C(C)C)C2. The van der Waals surface area contributed by atoms with Crippen molar-refractivity contribution in [2.24, 2.45) is 4.99 Å². The van der Waals surface area contributed by atoms with Crippen LogP contribution < -0.4 is 0 Å². The fraction of sp³-hybridized carbons (Fsp3) is 0.571. The molecule has 1 aromatic heterocycles. The van der Waals surface area contributed by atoms with Gasteiger partial charge in [0.2, 0.25) is 0 Å². The van der Waals surface area contributed by atoms with Gasteiger partial charge in [0.1, 0.15) is 11.1 Å². The van der Waals surface area contributed by atoms with E-state index in [1.54, 1.807) is 11.3 Å². The molecule has 0 unspecified atom stereocenters. The number of fused-ring (bicyclic) bond motifs is 1. The Hall–Kier alpha value is -1.38. The zero-order chi connectivity index (χ0) is 13.8. The van der Waals surface area contributed by atoms with E-state index < -0.39 is 0 Å². The minimum Gasteiger partial charge on any atom is -0.483 e. The summed E-state index contributed by atoms with van der Waals surface area (Å²) in [7, 11) is 0. The third-order valence-corrected chi connectivity index (χ3v) is 4.45. The monoisotopic (exact) mass is 277 g/mol. The first-order valence-corrected chi connectivity index (χ1v) is 7.41. The highest BCUT2D eigenvalue weighted by Gasteiger charge is 2.25. The molecular weight excluding hydrogens is 258 g/mol. The highest BCUT2D eigenvalue weighted by molar-refractivity contribution is 7.16. The number of aliphatic imine (C=N–C) groups is 1. The van der Waals surface area contributed by atoms with E-state index in [1.165, 1.54) is 16.8 Å². The summed E-state index contributed by atoms with van der Waals surface area (Å²) in [4.78, 5) is 7.98. The molecule has 2 rings (SSSR count). The molecule has 102 valence electrons. The van der Waals surface area contributed by atoms with Gasteiger partial charge in [-0.3, -0.25) is 4.90 Å². The van der Waals surface area contributed by atoms with E-state index in [2.05, 4.69) is 29.8 Å². The Morgan fingerprint density at radius 2 is 2.37 bits per heavy atom. The average molecular weight is 277 g/mol. The quantitative estimate of drug-likeness (QED) is 0.627. The van der Waals surface area contributed by atoms with Gasteiger partial charge in [0.25, 0.3) is 0 Å². The van der Waals surface area contributed by atoms with Crippen LogP contribution in [0, 0.1) is 11.3 Å². The van der Waals surface area contributed by atoms with Crippen molar-refractivity contribution in [3.8, 4) is 6.07 Å². The van der Waals surface area contributed by atoms with Gasteiger partial charge in [0.05, 0.1) is 12.2 Å². The predicted molar refractivity (Wildman–Crippen MR) is 78.1 cm³/mol. The van der Waals surface area contributed by atoms with Crippen LogP contribution in [-0.2, 0) is 17.7 Å². The topological polar surface area (TPSA) is 48.6 Å². The third-order valence-electron chi connectivity index (χ3n) is 3.32. The largest absolute Gasteiger partial charge is 0.483 e. The van der Waals surface area contributed by atoms with Gasteiger partial charge in [-0.1, -0.05) is 0 Å². The minimum absolute atomic E-state index is 0.538. The molecule has 1 aromatic rings. The van der Waals surface area contributed by atoms with E-state index in [0.717, 1.165) is 30.1 Å². The molecule has 0 radical (unpaired) electrons. The molecule has 0 amide bonds. The second-order valence-corrected chi connectivity index (χ2v) is 5.88. The van der Waals surface area contributed by atoms with Crippen molar-refractivity contribution in [1.82, 2.24) is 4.90 Å². The van der Waals surface area contributed by atoms with Crippen LogP contribution in [0.25, 0.3) is 0 Å². The van der Waals surface area contributed by atoms with Crippen molar-refractivity contribution in [2.45, 2.75) is 39.8 Å². The maximum Gasteiger partial charge on any atom is 0.175 e. The Kier molecular flexibility index (Phi) is 4.56. The lowest BCUT2D eigenvalue weighted by atomic mass is 10.0. The third kappa shape index (κ3) is 2.96. The van der Waals surface area contributed by atoms with E-state index in [-0.39, 0.29) is 0 Å². The van der Waals surface area contributed by atoms with Crippen LogP contribution in [0.2, 0.25) is 0 Å². The maximum absolute atomic E-state index is 9.32. The summed E-state index contributed by atoms with van der Waals surface area (Å²) in [5, 5.41) is 10.1. The summed E-state index contributed by atoms with van der Waals surface area (Å²) >= 11 is 1.62. The van der Waals surface area contributed by atoms with Gasteiger partial charge in [-0.05, 0) is 32.8 Å². The van der Waals surface area contributed by atoms with Crippen molar-refractivity contribution in [1.29, 1.82) is 5.26 Å². The zero-order valence-electron chi connectivity index (χ0n) is 11.6. The first-order chi connectivity index (χ1) is 9.17. The van der Waals surface area contributed by atoms with Crippen LogP contribution in [-0.4, -0.2) is 30.5 Å². The van der Waals surface area contributed by atoms with E-state index in [4.69, 9.17) is 4.74 Å². The molecule has 0 atom stereocenters. The van der Waals surface area contributed by atoms with Gasteiger partial charge < -0.3 is 4.74 Å². The molecule has 19 heavy (non-hydrogen) atoms. The molecule has 1 aliphatic heterocycles. The standard InChI is InChI=1S/C14H19N3OS/c1-4-18-9-16-14-12(7-15)11-5-6-17(10(2)3)8-13(11)19-14/h9-10H,4-6,8H2,1-3H3/b16-9+. The van der Waals surface area contributed by atoms with Gasteiger partial charge in [-0.2, -0.15) is 5.26 Å². The van der Waals surface area contributed by atoms with Crippen molar-refractivity contribution < 1.29 is 4.74 Å². The molecule has 0 fully saturated rings. The molecule has 0 saturated carbocycles. The highest BCUT2D eigenvalue weighted by Crippen LogP contribution is 2.38. The van der Waals surface area contributed by atoms with Crippen LogP contribution in [0.4, 0.5) is 5.00 Å². The molecule has 5 heteroatoms. The van der Waals surface area contributed by atoms with Gasteiger partial charge in [0.15, 0.2) is 6.40 Å². The number of rotatable bonds is 4. The highest BCUT2D eigenvalue weighted by atomic mass is 32.1. The molecule has 0 spiro atoms. The number of hydrogen-bond donors (Lipinski definition) is 0. The first-order valence-electron chi connectivity index (χ1n) is 6.60. The van der Waals surface area contributed by atoms with Crippen LogP contribution in [0.1, 0.15) is 36.8 Å². The van der Waals surface area contributed by atoms with Crippen LogP contribution in [0.15, 0.2) is 4.99 Å². The van der Waals surface area contributed by atoms with E-state index in [1.807, 2.05) is 6.92 Å². The number of ether oxygens (including phenoxy) is 1. The molecule has 0 N–H and O–H groups in total. The smallest absolute Gasteiger partial charge is 0.175 e. The number of thiophene rings is 1. The fourth-order valence-corrected chi connectivity index (χ4v) is 3.37. The van der Waals surface area contributed by atoms with Gasteiger partial charge >= 0.3 is 0 Å². The maximum atomic E-state index is 9.32. The normalized spacial score (nSPS) is 15.7. The first kappa shape index (κ1) is 14.0. The molecule has 0 aromatic carbocycles. The summed E-state index contributed by atoms with van der Waals surface area (Å²) in [5.41, 5.74) is 1.92. The lowest BCUT2D eigenvalue weighted by Gasteiger charge is -2.30. The molecule has 0 bridgehead atoms. The summed E-state index contributed by atoms with van der Waals surface area (Å²) in [6.45, 7) is 8.87. The molecule has 2 heterocycles. The molecule has 1 aliphatic rings. The Morgan fingerprint density at radius 1 is 1.58 bits per heavy atom. The van der Waals surface area contributed by atoms with Crippen LogP contribution in [0.3, 0.4) is 0 Å². The molecule has 4 nitrogen and oxygen atoms in total. The Labute approximate surface area is 118 Å². The average Bonchev–Trinajstić information content (AvgIpc) is 2.75. The molecule has 0 aliphatic carbocycles. The fourth-order valence-electron chi connectivity index (χ4n) is 2.22. The summed E-state index contributed by atoms with van der Waals surface area (Å²) < 4.78 is 5.12. The Balaban J connectivity index is 2.27. The number of nitriles is 1. The van der Waals surface area contributed by atoms with E-state index in [9.17, 15) is 5.26 Å². The summed E-state index contributed by atoms with van der Waals surface area (Å²) in [5.74, 6) is 0. The van der Waals surface area contributed by atoms with Crippen LogP contribution in [0.5, 0.6) is 0 Å². The molecular formula is C14H19N3OS. The number of nitrogens with zero attached hydrogens (tertiary/aromatic N) is 3. The van der Waals surface area contributed by atoms with Crippen molar-refractivity contribution >= 4 is 22.7 Å².